The van der Waals surface area contributed by atoms with Gasteiger partial charge in [-0.25, -0.2) is 4.98 Å². The minimum atomic E-state index is 0.261. The molecule has 3 aromatic rings. The maximum absolute atomic E-state index is 9.33. The fourth-order valence-electron chi connectivity index (χ4n) is 2.45. The maximum atomic E-state index is 9.33. The number of phenols is 1. The van der Waals surface area contributed by atoms with Gasteiger partial charge in [0.05, 0.1) is 5.69 Å². The predicted molar refractivity (Wildman–Crippen MR) is 93.2 cm³/mol. The molecule has 0 aliphatic heterocycles. The second-order valence-corrected chi connectivity index (χ2v) is 6.62. The lowest BCUT2D eigenvalue weighted by Crippen LogP contribution is -1.90. The SMILES string of the molecule is Cc1ccc(-c2nc(Nc3ccc(O)cc3)sc2C)c(C)c1. The van der Waals surface area contributed by atoms with Gasteiger partial charge in [-0.1, -0.05) is 23.8 Å². The molecule has 0 atom stereocenters. The van der Waals surface area contributed by atoms with Crippen LogP contribution in [0.15, 0.2) is 42.5 Å². The number of nitrogens with one attached hydrogen (secondary N) is 1. The van der Waals surface area contributed by atoms with Crippen molar-refractivity contribution in [2.75, 3.05) is 5.32 Å². The molecule has 3 rings (SSSR count). The molecule has 112 valence electrons. The quantitative estimate of drug-likeness (QED) is 0.655. The Labute approximate surface area is 134 Å². The Hall–Kier alpha value is -2.33. The molecule has 2 aromatic carbocycles. The van der Waals surface area contributed by atoms with Crippen LogP contribution >= 0.6 is 11.3 Å². The van der Waals surface area contributed by atoms with Crippen molar-refractivity contribution < 1.29 is 5.11 Å². The highest BCUT2D eigenvalue weighted by Gasteiger charge is 2.12. The first-order valence-corrected chi connectivity index (χ1v) is 7.95. The van der Waals surface area contributed by atoms with Crippen LogP contribution in [0.2, 0.25) is 0 Å². The van der Waals surface area contributed by atoms with Crippen LogP contribution < -0.4 is 5.32 Å². The molecule has 3 nitrogen and oxygen atoms in total. The first kappa shape index (κ1) is 14.6. The van der Waals surface area contributed by atoms with Gasteiger partial charge in [-0.2, -0.15) is 0 Å². The van der Waals surface area contributed by atoms with E-state index in [-0.39, 0.29) is 5.75 Å². The van der Waals surface area contributed by atoms with Crippen molar-refractivity contribution in [1.82, 2.24) is 4.98 Å². The van der Waals surface area contributed by atoms with Crippen LogP contribution in [0.5, 0.6) is 5.75 Å². The zero-order valence-electron chi connectivity index (χ0n) is 12.8. The molecule has 1 heterocycles. The highest BCUT2D eigenvalue weighted by atomic mass is 32.1. The summed E-state index contributed by atoms with van der Waals surface area (Å²) in [6.45, 7) is 6.31. The highest BCUT2D eigenvalue weighted by molar-refractivity contribution is 7.16. The Bertz CT molecular complexity index is 806. The summed E-state index contributed by atoms with van der Waals surface area (Å²) in [5.41, 5.74) is 5.63. The molecule has 0 aliphatic carbocycles. The molecule has 0 fully saturated rings. The summed E-state index contributed by atoms with van der Waals surface area (Å²) >= 11 is 1.64. The van der Waals surface area contributed by atoms with E-state index in [0.717, 1.165) is 16.5 Å². The van der Waals surface area contributed by atoms with Gasteiger partial charge in [0.25, 0.3) is 0 Å². The first-order chi connectivity index (χ1) is 10.5. The first-order valence-electron chi connectivity index (χ1n) is 7.14. The van der Waals surface area contributed by atoms with Crippen LogP contribution in [0.4, 0.5) is 10.8 Å². The summed E-state index contributed by atoms with van der Waals surface area (Å²) in [5.74, 6) is 0.261. The van der Waals surface area contributed by atoms with Gasteiger partial charge in [-0.3, -0.25) is 0 Å². The lowest BCUT2D eigenvalue weighted by molar-refractivity contribution is 0.475. The van der Waals surface area contributed by atoms with Gasteiger partial charge < -0.3 is 10.4 Å². The topological polar surface area (TPSA) is 45.2 Å². The van der Waals surface area contributed by atoms with E-state index in [1.165, 1.54) is 21.6 Å². The van der Waals surface area contributed by atoms with Crippen molar-refractivity contribution in [3.05, 3.63) is 58.5 Å². The summed E-state index contributed by atoms with van der Waals surface area (Å²) < 4.78 is 0. The molecule has 4 heteroatoms. The van der Waals surface area contributed by atoms with Crippen molar-refractivity contribution in [2.45, 2.75) is 20.8 Å². The highest BCUT2D eigenvalue weighted by Crippen LogP contribution is 2.34. The molecule has 0 aliphatic rings. The molecule has 0 saturated carbocycles. The minimum Gasteiger partial charge on any atom is -0.508 e. The molecule has 0 saturated heterocycles. The van der Waals surface area contributed by atoms with Gasteiger partial charge in [0.1, 0.15) is 5.75 Å². The van der Waals surface area contributed by atoms with Gasteiger partial charge in [0.15, 0.2) is 5.13 Å². The van der Waals surface area contributed by atoms with E-state index in [0.29, 0.717) is 0 Å². The fraction of sp³-hybridized carbons (Fsp3) is 0.167. The smallest absolute Gasteiger partial charge is 0.187 e. The molecule has 2 N–H and O–H groups in total. The minimum absolute atomic E-state index is 0.261. The molecule has 0 unspecified atom stereocenters. The number of aromatic hydroxyl groups is 1. The van der Waals surface area contributed by atoms with Crippen LogP contribution in [-0.4, -0.2) is 10.1 Å². The van der Waals surface area contributed by atoms with Crippen LogP contribution in [0.1, 0.15) is 16.0 Å². The Balaban J connectivity index is 1.92. The van der Waals surface area contributed by atoms with E-state index in [1.54, 1.807) is 23.5 Å². The van der Waals surface area contributed by atoms with E-state index >= 15 is 0 Å². The van der Waals surface area contributed by atoms with Crippen LogP contribution in [0, 0.1) is 20.8 Å². The number of nitrogens with zero attached hydrogens (tertiary/aromatic N) is 1. The predicted octanol–water partition coefficient (Wildman–Crippen LogP) is 5.18. The van der Waals surface area contributed by atoms with Crippen molar-refractivity contribution in [3.63, 3.8) is 0 Å². The van der Waals surface area contributed by atoms with Gasteiger partial charge in [0.2, 0.25) is 0 Å². The molecule has 0 amide bonds. The van der Waals surface area contributed by atoms with E-state index in [2.05, 4.69) is 44.3 Å². The van der Waals surface area contributed by atoms with E-state index in [9.17, 15) is 5.11 Å². The normalized spacial score (nSPS) is 10.7. The lowest BCUT2D eigenvalue weighted by atomic mass is 10.0. The summed E-state index contributed by atoms with van der Waals surface area (Å²) in [5, 5.41) is 13.5. The van der Waals surface area contributed by atoms with Crippen LogP contribution in [0.3, 0.4) is 0 Å². The average molecular weight is 310 g/mol. The fourth-order valence-corrected chi connectivity index (χ4v) is 3.30. The lowest BCUT2D eigenvalue weighted by Gasteiger charge is -2.05. The zero-order valence-corrected chi connectivity index (χ0v) is 13.7. The van der Waals surface area contributed by atoms with Gasteiger partial charge in [-0.05, 0) is 50.6 Å². The molecule has 0 radical (unpaired) electrons. The number of aryl methyl sites for hydroxylation is 3. The van der Waals surface area contributed by atoms with Crippen molar-refractivity contribution >= 4 is 22.2 Å². The van der Waals surface area contributed by atoms with Gasteiger partial charge in [-0.15, -0.1) is 11.3 Å². The van der Waals surface area contributed by atoms with Gasteiger partial charge in [0, 0.05) is 16.1 Å². The number of phenolic OH excluding ortho intramolecular Hbond substituents is 1. The number of thiazole rings is 1. The summed E-state index contributed by atoms with van der Waals surface area (Å²) in [6, 6.07) is 13.4. The molecular formula is C18H18N2OS. The summed E-state index contributed by atoms with van der Waals surface area (Å²) in [6.07, 6.45) is 0. The average Bonchev–Trinajstić information content (AvgIpc) is 2.82. The van der Waals surface area contributed by atoms with E-state index in [4.69, 9.17) is 4.98 Å². The number of aromatic nitrogens is 1. The van der Waals surface area contributed by atoms with Crippen LogP contribution in [-0.2, 0) is 0 Å². The Kier molecular flexibility index (Phi) is 3.86. The molecule has 22 heavy (non-hydrogen) atoms. The largest absolute Gasteiger partial charge is 0.508 e. The van der Waals surface area contributed by atoms with Crippen molar-refractivity contribution in [2.24, 2.45) is 0 Å². The van der Waals surface area contributed by atoms with E-state index in [1.807, 2.05) is 12.1 Å². The third kappa shape index (κ3) is 2.97. The maximum Gasteiger partial charge on any atom is 0.187 e. The number of rotatable bonds is 3. The number of hydrogen-bond acceptors (Lipinski definition) is 4. The van der Waals surface area contributed by atoms with Gasteiger partial charge >= 0.3 is 0 Å². The Morgan fingerprint density at radius 3 is 2.41 bits per heavy atom. The Morgan fingerprint density at radius 1 is 1.00 bits per heavy atom. The standard InChI is InChI=1S/C18H18N2OS/c1-11-4-9-16(12(2)10-11)17-13(3)22-18(20-17)19-14-5-7-15(21)8-6-14/h4-10,21H,1-3H3,(H,19,20). The third-order valence-electron chi connectivity index (χ3n) is 3.55. The monoisotopic (exact) mass is 310 g/mol. The van der Waals surface area contributed by atoms with Crippen molar-refractivity contribution in [1.29, 1.82) is 0 Å². The summed E-state index contributed by atoms with van der Waals surface area (Å²) in [4.78, 5) is 5.92. The number of benzene rings is 2. The molecular weight excluding hydrogens is 292 g/mol. The summed E-state index contributed by atoms with van der Waals surface area (Å²) in [7, 11) is 0. The van der Waals surface area contributed by atoms with E-state index < -0.39 is 0 Å². The van der Waals surface area contributed by atoms with Crippen LogP contribution in [0.25, 0.3) is 11.3 Å². The van der Waals surface area contributed by atoms with Crippen molar-refractivity contribution in [3.8, 4) is 17.0 Å². The third-order valence-corrected chi connectivity index (χ3v) is 4.44. The number of hydrogen-bond donors (Lipinski definition) is 2. The second kappa shape index (κ2) is 5.81. The molecule has 1 aromatic heterocycles. The molecule has 0 spiro atoms. The zero-order chi connectivity index (χ0) is 15.7. The molecule has 0 bridgehead atoms. The Morgan fingerprint density at radius 2 is 1.73 bits per heavy atom. The number of anilines is 2. The second-order valence-electron chi connectivity index (χ2n) is 5.41.